The molecule has 3 aromatic rings. The van der Waals surface area contributed by atoms with Gasteiger partial charge >= 0.3 is 0 Å². The van der Waals surface area contributed by atoms with Crippen molar-refractivity contribution in [1.82, 2.24) is 24.1 Å². The zero-order valence-corrected chi connectivity index (χ0v) is 15.8. The van der Waals surface area contributed by atoms with Gasteiger partial charge in [0.05, 0.1) is 6.67 Å². The quantitative estimate of drug-likeness (QED) is 0.501. The van der Waals surface area contributed by atoms with E-state index in [1.165, 1.54) is 0 Å². The number of para-hydroxylation sites is 1. The summed E-state index contributed by atoms with van der Waals surface area (Å²) in [6.45, 7) is 7.83. The van der Waals surface area contributed by atoms with Crippen molar-refractivity contribution in [2.24, 2.45) is 0 Å². The van der Waals surface area contributed by atoms with Crippen LogP contribution in [0.5, 0.6) is 0 Å². The van der Waals surface area contributed by atoms with Gasteiger partial charge in [0.1, 0.15) is 11.9 Å². The van der Waals surface area contributed by atoms with Crippen molar-refractivity contribution in [3.05, 3.63) is 59.8 Å². The lowest BCUT2D eigenvalue weighted by atomic mass is 10.2. The van der Waals surface area contributed by atoms with Crippen LogP contribution in [0.15, 0.2) is 53.7 Å². The number of carbonyl (C=O) groups excluding carboxylic acids is 1. The fraction of sp³-hybridized carbons (Fsp3) is 0.316. The number of benzene rings is 1. The minimum atomic E-state index is -0.0577. The summed E-state index contributed by atoms with van der Waals surface area (Å²) in [7, 11) is 0. The highest BCUT2D eigenvalue weighted by atomic mass is 32.1. The molecule has 0 radical (unpaired) electrons. The van der Waals surface area contributed by atoms with E-state index in [9.17, 15) is 4.79 Å². The Bertz CT molecular complexity index is 993. The summed E-state index contributed by atoms with van der Waals surface area (Å²) in [4.78, 5) is 16.8. The zero-order valence-electron chi connectivity index (χ0n) is 15.0. The SMILES string of the molecule is C=CCn1cnn(CN2CCN(C(=O)c3cc4ccccc4o3)CC2)c1=S. The molecule has 0 bridgehead atoms. The van der Waals surface area contributed by atoms with Gasteiger partial charge in [0.2, 0.25) is 0 Å². The van der Waals surface area contributed by atoms with Crippen LogP contribution in [0.1, 0.15) is 10.6 Å². The minimum absolute atomic E-state index is 0.0577. The van der Waals surface area contributed by atoms with Gasteiger partial charge in [-0.25, -0.2) is 4.68 Å². The molecule has 1 saturated heterocycles. The number of hydrogen-bond donors (Lipinski definition) is 0. The van der Waals surface area contributed by atoms with E-state index in [0.29, 0.717) is 36.8 Å². The molecule has 7 nitrogen and oxygen atoms in total. The molecule has 1 amide bonds. The second-order valence-electron chi connectivity index (χ2n) is 6.55. The third kappa shape index (κ3) is 3.58. The first kappa shape index (κ1) is 17.7. The van der Waals surface area contributed by atoms with Gasteiger partial charge < -0.3 is 13.9 Å². The van der Waals surface area contributed by atoms with Gasteiger partial charge in [0.25, 0.3) is 5.91 Å². The molecule has 0 aliphatic carbocycles. The molecule has 0 saturated carbocycles. The number of piperazine rings is 1. The number of fused-ring (bicyclic) bond motifs is 1. The minimum Gasteiger partial charge on any atom is -0.451 e. The molecular formula is C19H21N5O2S. The largest absolute Gasteiger partial charge is 0.451 e. The molecule has 4 rings (SSSR count). The summed E-state index contributed by atoms with van der Waals surface area (Å²) in [5.41, 5.74) is 0.740. The molecule has 8 heteroatoms. The molecule has 27 heavy (non-hydrogen) atoms. The Morgan fingerprint density at radius 2 is 2.04 bits per heavy atom. The van der Waals surface area contributed by atoms with Crippen molar-refractivity contribution in [3.63, 3.8) is 0 Å². The van der Waals surface area contributed by atoms with Crippen LogP contribution in [0, 0.1) is 4.77 Å². The molecule has 2 aromatic heterocycles. The molecule has 1 aliphatic rings. The Kier molecular flexibility index (Phi) is 4.91. The fourth-order valence-corrected chi connectivity index (χ4v) is 3.48. The molecular weight excluding hydrogens is 362 g/mol. The summed E-state index contributed by atoms with van der Waals surface area (Å²) in [6, 6.07) is 9.48. The number of nitrogens with zero attached hydrogens (tertiary/aromatic N) is 5. The lowest BCUT2D eigenvalue weighted by Gasteiger charge is -2.33. The number of amides is 1. The lowest BCUT2D eigenvalue weighted by Crippen LogP contribution is -2.49. The highest BCUT2D eigenvalue weighted by molar-refractivity contribution is 7.71. The maximum Gasteiger partial charge on any atom is 0.289 e. The zero-order chi connectivity index (χ0) is 18.8. The third-order valence-electron chi connectivity index (χ3n) is 4.75. The van der Waals surface area contributed by atoms with Crippen LogP contribution in [0.3, 0.4) is 0 Å². The Morgan fingerprint density at radius 3 is 2.78 bits per heavy atom. The Morgan fingerprint density at radius 1 is 1.26 bits per heavy atom. The highest BCUT2D eigenvalue weighted by Crippen LogP contribution is 2.20. The lowest BCUT2D eigenvalue weighted by molar-refractivity contribution is 0.0558. The predicted octanol–water partition coefficient (Wildman–Crippen LogP) is 2.76. The van der Waals surface area contributed by atoms with Crippen molar-refractivity contribution in [2.75, 3.05) is 26.2 Å². The first-order valence-corrected chi connectivity index (χ1v) is 9.30. The van der Waals surface area contributed by atoms with Crippen LogP contribution >= 0.6 is 12.2 Å². The first-order valence-electron chi connectivity index (χ1n) is 8.89. The Labute approximate surface area is 162 Å². The van der Waals surface area contributed by atoms with E-state index in [1.54, 1.807) is 17.1 Å². The van der Waals surface area contributed by atoms with E-state index < -0.39 is 0 Å². The van der Waals surface area contributed by atoms with Crippen LogP contribution in [-0.4, -0.2) is 56.2 Å². The van der Waals surface area contributed by atoms with Crippen molar-refractivity contribution in [1.29, 1.82) is 0 Å². The Hall–Kier alpha value is -2.71. The van der Waals surface area contributed by atoms with Crippen molar-refractivity contribution in [3.8, 4) is 0 Å². The first-order chi connectivity index (χ1) is 13.2. The van der Waals surface area contributed by atoms with E-state index in [4.69, 9.17) is 16.6 Å². The van der Waals surface area contributed by atoms with E-state index in [-0.39, 0.29) is 5.91 Å². The average Bonchev–Trinajstić information content (AvgIpc) is 3.27. The van der Waals surface area contributed by atoms with Gasteiger partial charge in [-0.05, 0) is 24.4 Å². The molecule has 0 atom stereocenters. The second kappa shape index (κ2) is 7.50. The number of rotatable bonds is 5. The second-order valence-corrected chi connectivity index (χ2v) is 6.92. The summed E-state index contributed by atoms with van der Waals surface area (Å²) < 4.78 is 10.1. The number of furan rings is 1. The average molecular weight is 383 g/mol. The summed E-state index contributed by atoms with van der Waals surface area (Å²) in [5.74, 6) is 0.341. The van der Waals surface area contributed by atoms with E-state index >= 15 is 0 Å². The molecule has 0 spiro atoms. The van der Waals surface area contributed by atoms with Gasteiger partial charge in [-0.3, -0.25) is 9.69 Å². The molecule has 140 valence electrons. The van der Waals surface area contributed by atoms with Crippen LogP contribution in [0.2, 0.25) is 0 Å². The standard InChI is InChI=1S/C19H21N5O2S/c1-2-7-23-13-20-24(19(23)27)14-21-8-10-22(11-9-21)18(25)17-12-15-5-3-4-6-16(15)26-17/h2-6,12-13H,1,7-11,14H2. The van der Waals surface area contributed by atoms with Crippen LogP contribution in [0.4, 0.5) is 0 Å². The van der Waals surface area contributed by atoms with E-state index in [0.717, 1.165) is 24.1 Å². The molecule has 1 fully saturated rings. The number of allylic oxidation sites excluding steroid dienone is 1. The smallest absolute Gasteiger partial charge is 0.289 e. The maximum atomic E-state index is 12.7. The maximum absolute atomic E-state index is 12.7. The Balaban J connectivity index is 1.37. The van der Waals surface area contributed by atoms with Crippen molar-refractivity contribution in [2.45, 2.75) is 13.2 Å². The van der Waals surface area contributed by atoms with Crippen LogP contribution in [-0.2, 0) is 13.2 Å². The monoisotopic (exact) mass is 383 g/mol. The van der Waals surface area contributed by atoms with Crippen molar-refractivity contribution < 1.29 is 9.21 Å². The number of hydrogen-bond acceptors (Lipinski definition) is 5. The molecule has 3 heterocycles. The van der Waals surface area contributed by atoms with Crippen LogP contribution < -0.4 is 0 Å². The van der Waals surface area contributed by atoms with Gasteiger partial charge in [-0.1, -0.05) is 24.3 Å². The van der Waals surface area contributed by atoms with Crippen molar-refractivity contribution >= 4 is 29.1 Å². The van der Waals surface area contributed by atoms with Crippen LogP contribution in [0.25, 0.3) is 11.0 Å². The van der Waals surface area contributed by atoms with Gasteiger partial charge in [0, 0.05) is 38.1 Å². The van der Waals surface area contributed by atoms with Gasteiger partial charge in [-0.2, -0.15) is 5.10 Å². The molecule has 0 unspecified atom stereocenters. The van der Waals surface area contributed by atoms with E-state index in [1.807, 2.05) is 39.8 Å². The predicted molar refractivity (Wildman–Crippen MR) is 105 cm³/mol. The highest BCUT2D eigenvalue weighted by Gasteiger charge is 2.24. The summed E-state index contributed by atoms with van der Waals surface area (Å²) >= 11 is 5.43. The molecule has 1 aromatic carbocycles. The number of carbonyl (C=O) groups is 1. The molecule has 1 aliphatic heterocycles. The topological polar surface area (TPSA) is 59.4 Å². The summed E-state index contributed by atoms with van der Waals surface area (Å²) in [6.07, 6.45) is 3.52. The normalized spacial score (nSPS) is 15.3. The fourth-order valence-electron chi connectivity index (χ4n) is 3.26. The third-order valence-corrected chi connectivity index (χ3v) is 5.20. The van der Waals surface area contributed by atoms with E-state index in [2.05, 4.69) is 16.6 Å². The summed E-state index contributed by atoms with van der Waals surface area (Å²) in [5, 5.41) is 5.29. The number of aromatic nitrogens is 3. The molecule has 0 N–H and O–H groups in total. The van der Waals surface area contributed by atoms with Gasteiger partial charge in [0.15, 0.2) is 10.5 Å². The van der Waals surface area contributed by atoms with Gasteiger partial charge in [-0.15, -0.1) is 6.58 Å².